The van der Waals surface area contributed by atoms with Crippen molar-refractivity contribution in [1.82, 2.24) is 10.2 Å². The van der Waals surface area contributed by atoms with E-state index in [-0.39, 0.29) is 18.6 Å². The van der Waals surface area contributed by atoms with Gasteiger partial charge in [-0.15, -0.1) is 0 Å². The number of hydrogen-bond acceptors (Lipinski definition) is 4. The van der Waals surface area contributed by atoms with Crippen molar-refractivity contribution in [3.63, 3.8) is 0 Å². The van der Waals surface area contributed by atoms with Gasteiger partial charge in [-0.25, -0.2) is 0 Å². The van der Waals surface area contributed by atoms with E-state index in [1.165, 1.54) is 37.8 Å². The Morgan fingerprint density at radius 2 is 1.76 bits per heavy atom. The summed E-state index contributed by atoms with van der Waals surface area (Å²) in [5.74, 6) is -0.0113. The number of amides is 1. The first kappa shape index (κ1) is 18.2. The lowest BCUT2D eigenvalue weighted by Crippen LogP contribution is -2.45. The lowest BCUT2D eigenvalue weighted by Gasteiger charge is -2.34. The zero-order valence-corrected chi connectivity index (χ0v) is 15.1. The van der Waals surface area contributed by atoms with Gasteiger partial charge < -0.3 is 15.3 Å². The van der Waals surface area contributed by atoms with Gasteiger partial charge in [0.25, 0.3) is 5.91 Å². The van der Waals surface area contributed by atoms with Crippen LogP contribution in [0.15, 0.2) is 24.3 Å². The number of likely N-dealkylation sites (tertiary alicyclic amines) is 1. The number of carbonyl (C=O) groups excluding carboxylic acids is 1. The van der Waals surface area contributed by atoms with E-state index in [0.29, 0.717) is 6.54 Å². The van der Waals surface area contributed by atoms with Crippen LogP contribution in [0.2, 0.25) is 0 Å². The predicted octanol–water partition coefficient (Wildman–Crippen LogP) is 2.25. The molecule has 0 unspecified atom stereocenters. The van der Waals surface area contributed by atoms with Crippen LogP contribution < -0.4 is 10.2 Å². The van der Waals surface area contributed by atoms with Gasteiger partial charge in [0.05, 0.1) is 6.61 Å². The molecule has 1 amide bonds. The topological polar surface area (TPSA) is 55.8 Å². The zero-order valence-electron chi connectivity index (χ0n) is 15.1. The number of carbonyl (C=O) groups is 1. The summed E-state index contributed by atoms with van der Waals surface area (Å²) >= 11 is 0. The minimum Gasteiger partial charge on any atom is -0.395 e. The summed E-state index contributed by atoms with van der Waals surface area (Å²) in [4.78, 5) is 17.0. The molecule has 25 heavy (non-hydrogen) atoms. The van der Waals surface area contributed by atoms with Crippen LogP contribution in [0, 0.1) is 0 Å². The molecule has 5 nitrogen and oxygen atoms in total. The van der Waals surface area contributed by atoms with E-state index in [4.69, 9.17) is 0 Å². The fourth-order valence-electron chi connectivity index (χ4n) is 3.95. The second kappa shape index (κ2) is 9.20. The van der Waals surface area contributed by atoms with Crippen LogP contribution in [0.25, 0.3) is 0 Å². The van der Waals surface area contributed by atoms with Crippen LogP contribution in [0.4, 0.5) is 5.69 Å². The molecule has 0 saturated carbocycles. The zero-order chi connectivity index (χ0) is 17.5. The Balaban J connectivity index is 1.46. The van der Waals surface area contributed by atoms with Crippen molar-refractivity contribution >= 4 is 11.6 Å². The maximum absolute atomic E-state index is 12.3. The number of piperidine rings is 2. The van der Waals surface area contributed by atoms with Crippen molar-refractivity contribution in [3.05, 3.63) is 29.8 Å². The smallest absolute Gasteiger partial charge is 0.251 e. The number of aliphatic hydroxyl groups is 1. The number of aliphatic hydroxyl groups excluding tert-OH is 1. The van der Waals surface area contributed by atoms with Gasteiger partial charge in [0.15, 0.2) is 0 Å². The lowest BCUT2D eigenvalue weighted by atomic mass is 10.0. The first-order valence-corrected chi connectivity index (χ1v) is 9.76. The van der Waals surface area contributed by atoms with Gasteiger partial charge in [-0.2, -0.15) is 0 Å². The molecular weight excluding hydrogens is 314 g/mol. The molecule has 2 aliphatic rings. The van der Waals surface area contributed by atoms with Crippen molar-refractivity contribution in [2.24, 2.45) is 0 Å². The van der Waals surface area contributed by atoms with Crippen molar-refractivity contribution in [2.45, 2.75) is 44.6 Å². The Morgan fingerprint density at radius 3 is 2.48 bits per heavy atom. The summed E-state index contributed by atoms with van der Waals surface area (Å²) in [6.45, 7) is 4.91. The van der Waals surface area contributed by atoms with E-state index in [9.17, 15) is 9.90 Å². The molecule has 2 N–H and O–H groups in total. The van der Waals surface area contributed by atoms with Gasteiger partial charge in [-0.05, 0) is 62.9 Å². The van der Waals surface area contributed by atoms with Gasteiger partial charge in [0, 0.05) is 43.5 Å². The van der Waals surface area contributed by atoms with Crippen LogP contribution in [0.3, 0.4) is 0 Å². The SMILES string of the molecule is O=C(NCCN1CCCC[C@@H]1CO)c1ccc(N2CCCCC2)cc1. The Labute approximate surface area is 151 Å². The van der Waals surface area contributed by atoms with E-state index in [2.05, 4.69) is 27.2 Å². The van der Waals surface area contributed by atoms with Crippen molar-refractivity contribution < 1.29 is 9.90 Å². The second-order valence-corrected chi connectivity index (χ2v) is 7.22. The van der Waals surface area contributed by atoms with Gasteiger partial charge in [0.1, 0.15) is 0 Å². The van der Waals surface area contributed by atoms with E-state index < -0.39 is 0 Å². The number of anilines is 1. The average Bonchev–Trinajstić information content (AvgIpc) is 2.69. The highest BCUT2D eigenvalue weighted by Gasteiger charge is 2.21. The minimum atomic E-state index is -0.0113. The van der Waals surface area contributed by atoms with E-state index >= 15 is 0 Å². The fraction of sp³-hybridized carbons (Fsp3) is 0.650. The van der Waals surface area contributed by atoms with Crippen molar-refractivity contribution in [2.75, 3.05) is 44.2 Å². The Bertz CT molecular complexity index is 540. The largest absolute Gasteiger partial charge is 0.395 e. The van der Waals surface area contributed by atoms with Gasteiger partial charge in [-0.1, -0.05) is 6.42 Å². The molecule has 2 saturated heterocycles. The van der Waals surface area contributed by atoms with Crippen molar-refractivity contribution in [1.29, 1.82) is 0 Å². The number of rotatable bonds is 6. The first-order chi connectivity index (χ1) is 12.3. The van der Waals surface area contributed by atoms with Gasteiger partial charge >= 0.3 is 0 Å². The van der Waals surface area contributed by atoms with Crippen LogP contribution in [-0.2, 0) is 0 Å². The molecule has 0 bridgehead atoms. The highest BCUT2D eigenvalue weighted by atomic mass is 16.3. The average molecular weight is 345 g/mol. The molecule has 5 heteroatoms. The molecule has 0 radical (unpaired) electrons. The summed E-state index contributed by atoms with van der Waals surface area (Å²) < 4.78 is 0. The molecule has 1 aromatic carbocycles. The maximum Gasteiger partial charge on any atom is 0.251 e. The molecule has 0 spiro atoms. The first-order valence-electron chi connectivity index (χ1n) is 9.76. The highest BCUT2D eigenvalue weighted by Crippen LogP contribution is 2.20. The van der Waals surface area contributed by atoms with Gasteiger partial charge in [0.2, 0.25) is 0 Å². The second-order valence-electron chi connectivity index (χ2n) is 7.22. The van der Waals surface area contributed by atoms with E-state index in [1.807, 2.05) is 12.1 Å². The number of hydrogen-bond donors (Lipinski definition) is 2. The molecule has 1 atom stereocenters. The summed E-state index contributed by atoms with van der Waals surface area (Å²) in [6.07, 6.45) is 7.27. The normalized spacial score (nSPS) is 22.0. The third-order valence-corrected chi connectivity index (χ3v) is 5.50. The third kappa shape index (κ3) is 4.95. The summed E-state index contributed by atoms with van der Waals surface area (Å²) in [5, 5.41) is 12.5. The Hall–Kier alpha value is -1.59. The standard InChI is InChI=1S/C20H31N3O2/c24-16-19-6-2-5-14-23(19)15-11-21-20(25)17-7-9-18(10-8-17)22-12-3-1-4-13-22/h7-10,19,24H,1-6,11-16H2,(H,21,25)/t19-/m1/s1. The molecule has 2 fully saturated rings. The quantitative estimate of drug-likeness (QED) is 0.830. The lowest BCUT2D eigenvalue weighted by molar-refractivity contribution is 0.0849. The fourth-order valence-corrected chi connectivity index (χ4v) is 3.95. The molecule has 2 heterocycles. The van der Waals surface area contributed by atoms with Crippen LogP contribution in [0.1, 0.15) is 48.9 Å². The Morgan fingerprint density at radius 1 is 1.04 bits per heavy atom. The van der Waals surface area contributed by atoms with E-state index in [1.54, 1.807) is 0 Å². The van der Waals surface area contributed by atoms with Gasteiger partial charge in [-0.3, -0.25) is 9.69 Å². The van der Waals surface area contributed by atoms with E-state index in [0.717, 1.165) is 38.2 Å². The molecule has 3 rings (SSSR count). The predicted molar refractivity (Wildman–Crippen MR) is 101 cm³/mol. The number of nitrogens with zero attached hydrogens (tertiary/aromatic N) is 2. The molecule has 2 aliphatic heterocycles. The summed E-state index contributed by atoms with van der Waals surface area (Å²) in [7, 11) is 0. The summed E-state index contributed by atoms with van der Waals surface area (Å²) in [5.41, 5.74) is 1.94. The minimum absolute atomic E-state index is 0.0113. The molecule has 0 aliphatic carbocycles. The summed E-state index contributed by atoms with van der Waals surface area (Å²) in [6, 6.07) is 8.24. The highest BCUT2D eigenvalue weighted by molar-refractivity contribution is 5.94. The maximum atomic E-state index is 12.3. The molecule has 0 aromatic heterocycles. The van der Waals surface area contributed by atoms with Crippen LogP contribution in [0.5, 0.6) is 0 Å². The monoisotopic (exact) mass is 345 g/mol. The van der Waals surface area contributed by atoms with Crippen LogP contribution >= 0.6 is 0 Å². The van der Waals surface area contributed by atoms with Crippen LogP contribution in [-0.4, -0.2) is 61.3 Å². The third-order valence-electron chi connectivity index (χ3n) is 5.50. The number of benzene rings is 1. The molecular formula is C20H31N3O2. The Kier molecular flexibility index (Phi) is 6.70. The number of nitrogens with one attached hydrogen (secondary N) is 1. The molecule has 1 aromatic rings. The van der Waals surface area contributed by atoms with Crippen molar-refractivity contribution in [3.8, 4) is 0 Å². The molecule has 138 valence electrons.